The highest BCUT2D eigenvalue weighted by Crippen LogP contribution is 2.35. The Bertz CT molecular complexity index is 1180. The Morgan fingerprint density at radius 2 is 1.82 bits per heavy atom. The van der Waals surface area contributed by atoms with Gasteiger partial charge in [0.15, 0.2) is 11.3 Å². The lowest BCUT2D eigenvalue weighted by Gasteiger charge is -2.11. The molecule has 9 heteroatoms. The van der Waals surface area contributed by atoms with Gasteiger partial charge >= 0.3 is 6.09 Å². The molecule has 0 spiro atoms. The number of carbonyl (C=O) groups is 1. The number of anilines is 1. The Morgan fingerprint density at radius 3 is 2.61 bits per heavy atom. The van der Waals surface area contributed by atoms with Gasteiger partial charge in [-0.15, -0.1) is 0 Å². The van der Waals surface area contributed by atoms with E-state index in [0.717, 1.165) is 6.07 Å². The van der Waals surface area contributed by atoms with Crippen LogP contribution in [0.4, 0.5) is 19.3 Å². The number of amides is 1. The number of benzene rings is 3. The van der Waals surface area contributed by atoms with E-state index in [2.05, 4.69) is 20.3 Å². The second kappa shape index (κ2) is 7.24. The van der Waals surface area contributed by atoms with Gasteiger partial charge in [-0.05, 0) is 46.7 Å². The number of hydrogen-bond donors (Lipinski definition) is 1. The van der Waals surface area contributed by atoms with Crippen molar-refractivity contribution in [2.45, 2.75) is 0 Å². The lowest BCUT2D eigenvalue weighted by molar-refractivity contribution is 0.215. The van der Waals surface area contributed by atoms with E-state index in [1.54, 1.807) is 30.3 Å². The van der Waals surface area contributed by atoms with E-state index in [1.165, 1.54) is 18.2 Å². The number of ether oxygens (including phenoxy) is 1. The predicted molar refractivity (Wildman–Crippen MR) is 98.3 cm³/mol. The smallest absolute Gasteiger partial charge is 0.410 e. The second-order valence-corrected chi connectivity index (χ2v) is 6.11. The molecule has 0 fully saturated rings. The fourth-order valence-corrected chi connectivity index (χ4v) is 2.87. The third-order valence-electron chi connectivity index (χ3n) is 3.90. The standard InChI is InChI=1S/C19H10ClF2N3O3/c20-13-9-16(23-19(26)27-10-4-2-1-3-5-10)14(21)8-12(13)11-6-7-15-18(17(11)22)25-28-24-15/h1-9H,(H,23,26). The van der Waals surface area contributed by atoms with Crippen LogP contribution in [0, 0.1) is 11.6 Å². The summed E-state index contributed by atoms with van der Waals surface area (Å²) in [5.41, 5.74) is 0.0238. The van der Waals surface area contributed by atoms with Gasteiger partial charge in [-0.3, -0.25) is 5.32 Å². The van der Waals surface area contributed by atoms with Gasteiger partial charge in [0.1, 0.15) is 17.1 Å². The highest BCUT2D eigenvalue weighted by molar-refractivity contribution is 6.33. The number of rotatable bonds is 3. The Hall–Kier alpha value is -3.52. The maximum atomic E-state index is 14.6. The van der Waals surface area contributed by atoms with Crippen molar-refractivity contribution in [2.75, 3.05) is 5.32 Å². The molecule has 0 atom stereocenters. The van der Waals surface area contributed by atoms with Gasteiger partial charge in [0.05, 0.1) is 10.7 Å². The van der Waals surface area contributed by atoms with E-state index in [0.29, 0.717) is 5.75 Å². The maximum absolute atomic E-state index is 14.6. The molecule has 0 bridgehead atoms. The zero-order chi connectivity index (χ0) is 19.7. The van der Waals surface area contributed by atoms with Crippen LogP contribution in [0.2, 0.25) is 5.02 Å². The molecule has 4 aromatic rings. The van der Waals surface area contributed by atoms with Crippen LogP contribution in [0.25, 0.3) is 22.2 Å². The van der Waals surface area contributed by atoms with Crippen LogP contribution in [0.3, 0.4) is 0 Å². The summed E-state index contributed by atoms with van der Waals surface area (Å²) >= 11 is 6.19. The Labute approximate surface area is 161 Å². The van der Waals surface area contributed by atoms with Gasteiger partial charge in [0.25, 0.3) is 0 Å². The average Bonchev–Trinajstić information content (AvgIpc) is 3.16. The molecule has 1 heterocycles. The molecule has 0 radical (unpaired) electrons. The SMILES string of the molecule is O=C(Nc1cc(Cl)c(-c2ccc3nonc3c2F)cc1F)Oc1ccccc1. The van der Waals surface area contributed by atoms with Crippen molar-refractivity contribution in [3.05, 3.63) is 71.3 Å². The fourth-order valence-electron chi connectivity index (χ4n) is 2.61. The van der Waals surface area contributed by atoms with Crippen molar-refractivity contribution < 1.29 is 22.9 Å². The summed E-state index contributed by atoms with van der Waals surface area (Å²) in [6.45, 7) is 0. The number of halogens is 3. The summed E-state index contributed by atoms with van der Waals surface area (Å²) in [4.78, 5) is 11.9. The topological polar surface area (TPSA) is 77.3 Å². The summed E-state index contributed by atoms with van der Waals surface area (Å²) < 4.78 is 38.7. The molecule has 28 heavy (non-hydrogen) atoms. The molecular formula is C19H10ClF2N3O3. The van der Waals surface area contributed by atoms with Gasteiger partial charge < -0.3 is 4.74 Å². The van der Waals surface area contributed by atoms with Crippen LogP contribution >= 0.6 is 11.6 Å². The molecule has 0 aliphatic carbocycles. The first-order chi connectivity index (χ1) is 13.5. The molecule has 0 saturated carbocycles. The first-order valence-corrected chi connectivity index (χ1v) is 8.35. The van der Waals surface area contributed by atoms with Crippen LogP contribution in [-0.2, 0) is 0 Å². The Morgan fingerprint density at radius 1 is 1.04 bits per heavy atom. The van der Waals surface area contributed by atoms with Crippen molar-refractivity contribution in [1.29, 1.82) is 0 Å². The average molecular weight is 402 g/mol. The fraction of sp³-hybridized carbons (Fsp3) is 0. The lowest BCUT2D eigenvalue weighted by Crippen LogP contribution is -2.17. The number of para-hydroxylation sites is 1. The summed E-state index contributed by atoms with van der Waals surface area (Å²) in [6.07, 6.45) is -0.893. The molecular weight excluding hydrogens is 392 g/mol. The second-order valence-electron chi connectivity index (χ2n) is 5.70. The van der Waals surface area contributed by atoms with Crippen LogP contribution in [0.15, 0.2) is 59.2 Å². The molecule has 6 nitrogen and oxygen atoms in total. The number of fused-ring (bicyclic) bond motifs is 1. The van der Waals surface area contributed by atoms with Crippen LogP contribution in [-0.4, -0.2) is 16.4 Å². The molecule has 0 aliphatic rings. The molecule has 0 unspecified atom stereocenters. The van der Waals surface area contributed by atoms with Gasteiger partial charge in [0.2, 0.25) is 0 Å². The van der Waals surface area contributed by atoms with Gasteiger partial charge in [-0.2, -0.15) is 0 Å². The third-order valence-corrected chi connectivity index (χ3v) is 4.22. The van der Waals surface area contributed by atoms with Crippen molar-refractivity contribution >= 4 is 34.4 Å². The van der Waals surface area contributed by atoms with E-state index in [9.17, 15) is 13.6 Å². The van der Waals surface area contributed by atoms with Gasteiger partial charge in [-0.1, -0.05) is 29.8 Å². The highest BCUT2D eigenvalue weighted by atomic mass is 35.5. The zero-order valence-corrected chi connectivity index (χ0v) is 14.7. The quantitative estimate of drug-likeness (QED) is 0.495. The summed E-state index contributed by atoms with van der Waals surface area (Å²) in [5.74, 6) is -1.27. The monoisotopic (exact) mass is 401 g/mol. The molecule has 1 N–H and O–H groups in total. The van der Waals surface area contributed by atoms with Crippen LogP contribution in [0.1, 0.15) is 0 Å². The predicted octanol–water partition coefficient (Wildman–Crippen LogP) is 5.43. The van der Waals surface area contributed by atoms with E-state index in [1.807, 2.05) is 0 Å². The summed E-state index contributed by atoms with van der Waals surface area (Å²) in [7, 11) is 0. The maximum Gasteiger partial charge on any atom is 0.417 e. The molecule has 140 valence electrons. The number of nitrogens with zero attached hydrogens (tertiary/aromatic N) is 2. The van der Waals surface area contributed by atoms with E-state index in [4.69, 9.17) is 16.3 Å². The largest absolute Gasteiger partial charge is 0.417 e. The van der Waals surface area contributed by atoms with Crippen molar-refractivity contribution in [1.82, 2.24) is 10.3 Å². The van der Waals surface area contributed by atoms with Gasteiger partial charge in [0, 0.05) is 11.1 Å². The lowest BCUT2D eigenvalue weighted by atomic mass is 10.0. The number of aromatic nitrogens is 2. The molecule has 1 aromatic heterocycles. The minimum Gasteiger partial charge on any atom is -0.410 e. The molecule has 0 aliphatic heterocycles. The first kappa shape index (κ1) is 17.9. The molecule has 3 aromatic carbocycles. The minimum absolute atomic E-state index is 0.0190. The number of carbonyl (C=O) groups excluding carboxylic acids is 1. The zero-order valence-electron chi connectivity index (χ0n) is 13.9. The van der Waals surface area contributed by atoms with Crippen LogP contribution < -0.4 is 10.1 Å². The number of hydrogen-bond acceptors (Lipinski definition) is 5. The van der Waals surface area contributed by atoms with Crippen molar-refractivity contribution in [3.8, 4) is 16.9 Å². The minimum atomic E-state index is -0.893. The first-order valence-electron chi connectivity index (χ1n) is 7.97. The Balaban J connectivity index is 1.63. The normalized spacial score (nSPS) is 10.8. The summed E-state index contributed by atoms with van der Waals surface area (Å²) in [6, 6.07) is 13.3. The van der Waals surface area contributed by atoms with Gasteiger partial charge in [-0.25, -0.2) is 18.2 Å². The van der Waals surface area contributed by atoms with Crippen molar-refractivity contribution in [2.24, 2.45) is 0 Å². The van der Waals surface area contributed by atoms with E-state index < -0.39 is 17.7 Å². The Kier molecular flexibility index (Phi) is 4.62. The third kappa shape index (κ3) is 3.37. The van der Waals surface area contributed by atoms with Crippen LogP contribution in [0.5, 0.6) is 5.75 Å². The highest BCUT2D eigenvalue weighted by Gasteiger charge is 2.19. The molecule has 4 rings (SSSR count). The van der Waals surface area contributed by atoms with E-state index in [-0.39, 0.29) is 32.9 Å². The molecule has 0 saturated heterocycles. The number of nitrogens with one attached hydrogen (secondary N) is 1. The van der Waals surface area contributed by atoms with E-state index >= 15 is 0 Å². The molecule has 1 amide bonds. The summed E-state index contributed by atoms with van der Waals surface area (Å²) in [5, 5.41) is 9.31. The van der Waals surface area contributed by atoms with Crippen molar-refractivity contribution in [3.63, 3.8) is 0 Å².